The molecule has 2 N–H and O–H groups in total. The van der Waals surface area contributed by atoms with Gasteiger partial charge >= 0.3 is 0 Å². The van der Waals surface area contributed by atoms with E-state index in [-0.39, 0.29) is 24.0 Å². The normalized spacial score (nSPS) is 16.8. The zero-order valence-electron chi connectivity index (χ0n) is 10.0. The van der Waals surface area contributed by atoms with Gasteiger partial charge in [0.1, 0.15) is 0 Å². The van der Waals surface area contributed by atoms with Crippen molar-refractivity contribution in [3.63, 3.8) is 0 Å². The van der Waals surface area contributed by atoms with Crippen LogP contribution in [-0.4, -0.2) is 41.7 Å². The molecule has 0 aromatic carbocycles. The molecule has 0 aliphatic carbocycles. The lowest BCUT2D eigenvalue weighted by molar-refractivity contribution is 0.0674. The maximum Gasteiger partial charge on any atom is 0.191 e. The summed E-state index contributed by atoms with van der Waals surface area (Å²) >= 11 is 0. The Morgan fingerprint density at radius 1 is 1.47 bits per heavy atom. The van der Waals surface area contributed by atoms with Gasteiger partial charge in [-0.25, -0.2) is 4.99 Å². The molecule has 0 bridgehead atoms. The van der Waals surface area contributed by atoms with Gasteiger partial charge < -0.3 is 19.9 Å². The average molecular weight is 350 g/mol. The summed E-state index contributed by atoms with van der Waals surface area (Å²) in [6.45, 7) is 3.78. The summed E-state index contributed by atoms with van der Waals surface area (Å²) < 4.78 is 7.31. The Labute approximate surface area is 119 Å². The Kier molecular flexibility index (Phi) is 5.76. The van der Waals surface area contributed by atoms with Crippen LogP contribution in [0.25, 0.3) is 0 Å². The maximum atomic E-state index is 5.93. The molecule has 0 amide bonds. The van der Waals surface area contributed by atoms with E-state index in [9.17, 15) is 0 Å². The molecular formula is C11H19IN4O. The predicted octanol–water partition coefficient (Wildman–Crippen LogP) is 0.790. The number of ether oxygens (including phenoxy) is 1. The van der Waals surface area contributed by atoms with Crippen LogP contribution < -0.4 is 5.73 Å². The van der Waals surface area contributed by atoms with Gasteiger partial charge in [-0.05, 0) is 12.1 Å². The summed E-state index contributed by atoms with van der Waals surface area (Å²) in [7, 11) is 2.01. The number of aryl methyl sites for hydroxylation is 1. The molecule has 0 atom stereocenters. The second-order valence-corrected chi connectivity index (χ2v) is 3.88. The number of guanidine groups is 1. The highest BCUT2D eigenvalue weighted by molar-refractivity contribution is 14.0. The van der Waals surface area contributed by atoms with Crippen LogP contribution in [0.5, 0.6) is 0 Å². The fourth-order valence-corrected chi connectivity index (χ4v) is 1.72. The summed E-state index contributed by atoms with van der Waals surface area (Å²) in [5, 5.41) is 0. The van der Waals surface area contributed by atoms with Crippen molar-refractivity contribution < 1.29 is 4.74 Å². The maximum absolute atomic E-state index is 5.93. The van der Waals surface area contributed by atoms with Crippen LogP contribution in [0, 0.1) is 0 Å². The number of hydrogen-bond acceptors (Lipinski definition) is 2. The van der Waals surface area contributed by atoms with E-state index in [1.165, 1.54) is 0 Å². The standard InChI is InChI=1S/C11H18N4O.HI/c1-14-4-2-3-10(14)9-13-11(12)15-5-7-16-8-6-15;/h2-4H,5-9H2,1H3,(H2,12,13);1H. The van der Waals surface area contributed by atoms with Crippen molar-refractivity contribution in [2.75, 3.05) is 26.3 Å². The third-order valence-electron chi connectivity index (χ3n) is 2.79. The molecule has 1 aliphatic rings. The van der Waals surface area contributed by atoms with Crippen LogP contribution >= 0.6 is 24.0 Å². The van der Waals surface area contributed by atoms with Crippen molar-refractivity contribution in [2.45, 2.75) is 6.54 Å². The number of halogens is 1. The van der Waals surface area contributed by atoms with Crippen LogP contribution in [0.2, 0.25) is 0 Å². The topological polar surface area (TPSA) is 55.8 Å². The molecule has 5 nitrogen and oxygen atoms in total. The summed E-state index contributed by atoms with van der Waals surface area (Å²) in [6, 6.07) is 4.06. The monoisotopic (exact) mass is 350 g/mol. The molecule has 0 spiro atoms. The van der Waals surface area contributed by atoms with Crippen LogP contribution in [0.1, 0.15) is 5.69 Å². The molecule has 96 valence electrons. The molecule has 1 fully saturated rings. The van der Waals surface area contributed by atoms with E-state index >= 15 is 0 Å². The van der Waals surface area contributed by atoms with Crippen LogP contribution in [-0.2, 0) is 18.3 Å². The van der Waals surface area contributed by atoms with Crippen LogP contribution in [0.4, 0.5) is 0 Å². The lowest BCUT2D eigenvalue weighted by atomic mass is 10.4. The lowest BCUT2D eigenvalue weighted by Gasteiger charge is -2.27. The van der Waals surface area contributed by atoms with Gasteiger partial charge in [0, 0.05) is 32.0 Å². The fraction of sp³-hybridized carbons (Fsp3) is 0.545. The second-order valence-electron chi connectivity index (χ2n) is 3.88. The van der Waals surface area contributed by atoms with Crippen molar-refractivity contribution in [2.24, 2.45) is 17.8 Å². The first-order valence-corrected chi connectivity index (χ1v) is 5.50. The zero-order chi connectivity index (χ0) is 11.4. The number of nitrogens with zero attached hydrogens (tertiary/aromatic N) is 3. The summed E-state index contributed by atoms with van der Waals surface area (Å²) in [5.41, 5.74) is 7.09. The smallest absolute Gasteiger partial charge is 0.191 e. The Hall–Kier alpha value is -0.760. The summed E-state index contributed by atoms with van der Waals surface area (Å²) in [5.74, 6) is 0.615. The van der Waals surface area contributed by atoms with Gasteiger partial charge in [0.15, 0.2) is 5.96 Å². The van der Waals surface area contributed by atoms with Crippen molar-refractivity contribution in [1.82, 2.24) is 9.47 Å². The highest BCUT2D eigenvalue weighted by Crippen LogP contribution is 2.02. The Morgan fingerprint density at radius 3 is 2.76 bits per heavy atom. The molecular weight excluding hydrogens is 331 g/mol. The second kappa shape index (κ2) is 6.85. The molecule has 6 heteroatoms. The number of aromatic nitrogens is 1. The Morgan fingerprint density at radius 2 is 2.18 bits per heavy atom. The van der Waals surface area contributed by atoms with E-state index in [0.717, 1.165) is 32.0 Å². The molecule has 17 heavy (non-hydrogen) atoms. The molecule has 1 aromatic heterocycles. The largest absolute Gasteiger partial charge is 0.378 e. The minimum absolute atomic E-state index is 0. The third-order valence-corrected chi connectivity index (χ3v) is 2.79. The van der Waals surface area contributed by atoms with E-state index in [0.29, 0.717) is 12.5 Å². The average Bonchev–Trinajstić information content (AvgIpc) is 2.73. The first-order valence-electron chi connectivity index (χ1n) is 5.50. The van der Waals surface area contributed by atoms with E-state index < -0.39 is 0 Å². The third kappa shape index (κ3) is 3.88. The Bertz CT molecular complexity index is 371. The first kappa shape index (κ1) is 14.3. The van der Waals surface area contributed by atoms with Crippen molar-refractivity contribution in [1.29, 1.82) is 0 Å². The zero-order valence-corrected chi connectivity index (χ0v) is 12.3. The molecule has 0 unspecified atom stereocenters. The molecule has 0 saturated carbocycles. The van der Waals surface area contributed by atoms with E-state index in [4.69, 9.17) is 10.5 Å². The summed E-state index contributed by atoms with van der Waals surface area (Å²) in [6.07, 6.45) is 2.01. The van der Waals surface area contributed by atoms with Crippen LogP contribution in [0.15, 0.2) is 23.3 Å². The SMILES string of the molecule is Cn1cccc1CN=C(N)N1CCOCC1.I. The van der Waals surface area contributed by atoms with Gasteiger partial charge in [0.05, 0.1) is 19.8 Å². The minimum Gasteiger partial charge on any atom is -0.378 e. The van der Waals surface area contributed by atoms with Gasteiger partial charge in [-0.3, -0.25) is 0 Å². The highest BCUT2D eigenvalue weighted by Gasteiger charge is 2.11. The van der Waals surface area contributed by atoms with Crippen molar-refractivity contribution in [3.05, 3.63) is 24.0 Å². The first-order chi connectivity index (χ1) is 7.77. The van der Waals surface area contributed by atoms with E-state index in [1.807, 2.05) is 19.3 Å². The number of morpholine rings is 1. The van der Waals surface area contributed by atoms with Gasteiger partial charge in [-0.1, -0.05) is 0 Å². The van der Waals surface area contributed by atoms with E-state index in [1.54, 1.807) is 0 Å². The van der Waals surface area contributed by atoms with Crippen LogP contribution in [0.3, 0.4) is 0 Å². The molecule has 2 heterocycles. The predicted molar refractivity (Wildman–Crippen MR) is 78.5 cm³/mol. The highest BCUT2D eigenvalue weighted by atomic mass is 127. The van der Waals surface area contributed by atoms with Gasteiger partial charge in [0.2, 0.25) is 0 Å². The quantitative estimate of drug-likeness (QED) is 0.488. The van der Waals surface area contributed by atoms with Crippen molar-refractivity contribution in [3.8, 4) is 0 Å². The number of aliphatic imine (C=N–C) groups is 1. The van der Waals surface area contributed by atoms with Crippen molar-refractivity contribution >= 4 is 29.9 Å². The van der Waals surface area contributed by atoms with Gasteiger partial charge in [-0.15, -0.1) is 24.0 Å². The van der Waals surface area contributed by atoms with Gasteiger partial charge in [-0.2, -0.15) is 0 Å². The number of rotatable bonds is 2. The van der Waals surface area contributed by atoms with E-state index in [2.05, 4.69) is 20.5 Å². The molecule has 1 aromatic rings. The number of hydrogen-bond donors (Lipinski definition) is 1. The molecule has 1 saturated heterocycles. The molecule has 1 aliphatic heterocycles. The molecule has 0 radical (unpaired) electrons. The lowest BCUT2D eigenvalue weighted by Crippen LogP contribution is -2.44. The molecule has 2 rings (SSSR count). The fourth-order valence-electron chi connectivity index (χ4n) is 1.72. The van der Waals surface area contributed by atoms with Gasteiger partial charge in [0.25, 0.3) is 0 Å². The Balaban J connectivity index is 0.00000144. The minimum atomic E-state index is 0. The number of nitrogens with two attached hydrogens (primary N) is 1. The summed E-state index contributed by atoms with van der Waals surface area (Å²) in [4.78, 5) is 6.46.